The Labute approximate surface area is 319 Å². The number of hydrogen-bond donors (Lipinski definition) is 5. The van der Waals surface area contributed by atoms with Crippen molar-refractivity contribution in [2.45, 2.75) is 86.7 Å². The van der Waals surface area contributed by atoms with E-state index in [4.69, 9.17) is 9.47 Å². The predicted octanol–water partition coefficient (Wildman–Crippen LogP) is 1.53. The number of aromatic nitrogens is 1. The molecule has 0 spiro atoms. The van der Waals surface area contributed by atoms with E-state index in [-0.39, 0.29) is 51.4 Å². The number of benzene rings is 1. The summed E-state index contributed by atoms with van der Waals surface area (Å²) in [5.74, 6) is -2.37. The Morgan fingerprint density at radius 3 is 2.60 bits per heavy atom. The van der Waals surface area contributed by atoms with Crippen molar-refractivity contribution >= 4 is 39.7 Å². The van der Waals surface area contributed by atoms with E-state index in [1.54, 1.807) is 30.3 Å². The van der Waals surface area contributed by atoms with Crippen LogP contribution in [-0.2, 0) is 29.1 Å². The van der Waals surface area contributed by atoms with Crippen molar-refractivity contribution in [3.63, 3.8) is 0 Å². The number of amides is 6. The van der Waals surface area contributed by atoms with Crippen LogP contribution >= 0.6 is 0 Å². The van der Waals surface area contributed by atoms with E-state index in [0.717, 1.165) is 18.4 Å². The Morgan fingerprint density at radius 1 is 0.945 bits per heavy atom. The highest BCUT2D eigenvalue weighted by Gasteiger charge is 2.62. The number of nitrogens with zero attached hydrogens (tertiary/aromatic N) is 2. The highest BCUT2D eigenvalue weighted by Crippen LogP contribution is 2.46. The van der Waals surface area contributed by atoms with Crippen molar-refractivity contribution in [1.29, 1.82) is 0 Å². The zero-order chi connectivity index (χ0) is 38.6. The third-order valence-electron chi connectivity index (χ3n) is 10.7. The highest BCUT2D eigenvalue weighted by atomic mass is 32.2. The van der Waals surface area contributed by atoms with Crippen LogP contribution < -0.4 is 30.7 Å². The molecule has 294 valence electrons. The van der Waals surface area contributed by atoms with E-state index in [1.165, 1.54) is 4.90 Å². The topological polar surface area (TPSA) is 214 Å². The van der Waals surface area contributed by atoms with Gasteiger partial charge in [0.25, 0.3) is 11.8 Å². The standard InChI is InChI=1S/C38H47N7O9S/c46-33-30-13-7-12-29(41-30)24-8-6-10-27(20-24)54-19-18-53-17-16-39-37(50)42-31-11-5-3-1-2-4-9-25-22-38(25,36(49)44-55(51,52)28-14-15-28)43-34(47)32-21-26(40-33)23-45(32)35(31)48/h4,6-10,12-13,20,25-26,28,31-32H,1-3,5,11,14-19,21-23H2,(H,40,46)(H,43,47)(H,44,49)(H2,39,42,50)/b9-4-/t25-,26-,31+,32+,38?/m1/s1. The van der Waals surface area contributed by atoms with Crippen molar-refractivity contribution in [2.75, 3.05) is 32.9 Å². The van der Waals surface area contributed by atoms with Gasteiger partial charge in [-0.1, -0.05) is 43.2 Å². The molecular formula is C38H47N7O9S. The highest BCUT2D eigenvalue weighted by molar-refractivity contribution is 7.91. The Hall–Kier alpha value is -5.03. The molecule has 0 radical (unpaired) electrons. The summed E-state index contributed by atoms with van der Waals surface area (Å²) in [6.45, 7) is 0.829. The third-order valence-corrected chi connectivity index (χ3v) is 12.5. The number of fused-ring (bicyclic) bond motifs is 8. The van der Waals surface area contributed by atoms with Gasteiger partial charge in [-0.25, -0.2) is 18.2 Å². The van der Waals surface area contributed by atoms with Gasteiger partial charge in [0.2, 0.25) is 21.8 Å². The maximum atomic E-state index is 14.4. The fourth-order valence-electron chi connectivity index (χ4n) is 7.40. The summed E-state index contributed by atoms with van der Waals surface area (Å²) in [4.78, 5) is 75.1. The van der Waals surface area contributed by atoms with Crippen molar-refractivity contribution in [1.82, 2.24) is 35.9 Å². The average molecular weight is 778 g/mol. The summed E-state index contributed by atoms with van der Waals surface area (Å²) in [6, 6.07) is 8.89. The van der Waals surface area contributed by atoms with Crippen LogP contribution in [0.5, 0.6) is 5.75 Å². The normalized spacial score (nSPS) is 28.8. The van der Waals surface area contributed by atoms with Crippen molar-refractivity contribution in [3.8, 4) is 17.0 Å². The van der Waals surface area contributed by atoms with Crippen molar-refractivity contribution in [2.24, 2.45) is 5.92 Å². The predicted molar refractivity (Wildman–Crippen MR) is 199 cm³/mol. The molecule has 2 aliphatic carbocycles. The van der Waals surface area contributed by atoms with Gasteiger partial charge in [0.1, 0.15) is 35.7 Å². The molecule has 7 bridgehead atoms. The number of carbonyl (C=O) groups excluding carboxylic acids is 5. The van der Waals surface area contributed by atoms with E-state index in [2.05, 4.69) is 31.0 Å². The second-order valence-electron chi connectivity index (χ2n) is 14.8. The molecule has 5 N–H and O–H groups in total. The number of hydrogen-bond acceptors (Lipinski definition) is 10. The van der Waals surface area contributed by atoms with E-state index < -0.39 is 74.5 Å². The Kier molecular flexibility index (Phi) is 11.4. The number of rotatable bonds is 3. The lowest BCUT2D eigenvalue weighted by molar-refractivity contribution is -0.141. The molecule has 1 saturated heterocycles. The lowest BCUT2D eigenvalue weighted by Crippen LogP contribution is -2.58. The number of allylic oxidation sites excluding steroid dienone is 1. The van der Waals surface area contributed by atoms with Crippen LogP contribution in [0.1, 0.15) is 68.3 Å². The minimum absolute atomic E-state index is 0.00276. The molecule has 5 aliphatic rings. The first-order valence-corrected chi connectivity index (χ1v) is 20.6. The maximum Gasteiger partial charge on any atom is 0.315 e. The van der Waals surface area contributed by atoms with Crippen LogP contribution in [0.2, 0.25) is 0 Å². The zero-order valence-electron chi connectivity index (χ0n) is 30.5. The molecule has 2 aromatic rings. The van der Waals surface area contributed by atoms with Crippen LogP contribution in [0.3, 0.4) is 0 Å². The molecule has 4 heterocycles. The Bertz CT molecular complexity index is 1950. The van der Waals surface area contributed by atoms with Gasteiger partial charge >= 0.3 is 6.03 Å². The molecule has 6 amide bonds. The molecule has 1 unspecified atom stereocenters. The Balaban J connectivity index is 1.18. The van der Waals surface area contributed by atoms with E-state index >= 15 is 0 Å². The fraction of sp³-hybridized carbons (Fsp3) is 0.526. The molecule has 16 nitrogen and oxygen atoms in total. The first-order valence-electron chi connectivity index (χ1n) is 19.0. The molecule has 2 saturated carbocycles. The lowest BCUT2D eigenvalue weighted by atomic mass is 10.0. The van der Waals surface area contributed by atoms with Crippen molar-refractivity contribution < 1.29 is 41.9 Å². The quantitative estimate of drug-likeness (QED) is 0.284. The molecule has 1 aromatic heterocycles. The summed E-state index contributed by atoms with van der Waals surface area (Å²) in [5.41, 5.74) is -0.146. The minimum atomic E-state index is -3.91. The molecule has 7 rings (SSSR count). The first-order chi connectivity index (χ1) is 26.5. The SMILES string of the molecule is O=C1NCCOCCOc2cccc(c2)-c2cccc(n2)C(=O)N[C@@H]2C[C@H]3C(=O)NC4(C(=O)NS(=O)(=O)C5CC5)C[C@H]4/C=C\CCCCC[C@H](N1)C(=O)N3C2. The smallest absolute Gasteiger partial charge is 0.315 e. The van der Waals surface area contributed by atoms with Gasteiger partial charge in [-0.2, -0.15) is 0 Å². The summed E-state index contributed by atoms with van der Waals surface area (Å²) < 4.78 is 39.3. The number of nitrogens with one attached hydrogen (secondary N) is 5. The molecule has 1 aromatic carbocycles. The van der Waals surface area contributed by atoms with Gasteiger partial charge in [0.15, 0.2) is 0 Å². The van der Waals surface area contributed by atoms with Crippen LogP contribution in [-0.4, -0.2) is 110 Å². The van der Waals surface area contributed by atoms with Crippen LogP contribution in [0.25, 0.3) is 11.3 Å². The molecule has 17 heteroatoms. The molecular weight excluding hydrogens is 731 g/mol. The zero-order valence-corrected chi connectivity index (χ0v) is 31.3. The van der Waals surface area contributed by atoms with Gasteiger partial charge in [0, 0.05) is 30.6 Å². The minimum Gasteiger partial charge on any atom is -0.491 e. The summed E-state index contributed by atoms with van der Waals surface area (Å²) in [6.07, 6.45) is 7.99. The van der Waals surface area contributed by atoms with Crippen molar-refractivity contribution in [3.05, 3.63) is 60.3 Å². The Morgan fingerprint density at radius 2 is 1.76 bits per heavy atom. The second kappa shape index (κ2) is 16.4. The lowest BCUT2D eigenvalue weighted by Gasteiger charge is -2.30. The van der Waals surface area contributed by atoms with Gasteiger partial charge in [-0.3, -0.25) is 23.9 Å². The van der Waals surface area contributed by atoms with Gasteiger partial charge in [-0.05, 0) is 69.2 Å². The van der Waals surface area contributed by atoms with Gasteiger partial charge < -0.3 is 35.6 Å². The number of carbonyl (C=O) groups is 5. The molecule has 55 heavy (non-hydrogen) atoms. The van der Waals surface area contributed by atoms with E-state index in [9.17, 15) is 32.4 Å². The third kappa shape index (κ3) is 9.10. The van der Waals surface area contributed by atoms with Crippen LogP contribution in [0, 0.1) is 5.92 Å². The first kappa shape index (κ1) is 38.3. The van der Waals surface area contributed by atoms with Crippen LogP contribution in [0.4, 0.5) is 4.79 Å². The van der Waals surface area contributed by atoms with Gasteiger partial charge in [-0.15, -0.1) is 0 Å². The van der Waals surface area contributed by atoms with E-state index in [0.29, 0.717) is 43.5 Å². The summed E-state index contributed by atoms with van der Waals surface area (Å²) in [5, 5.41) is 10.7. The molecule has 3 fully saturated rings. The maximum absolute atomic E-state index is 14.4. The number of urea groups is 1. The monoisotopic (exact) mass is 777 g/mol. The largest absolute Gasteiger partial charge is 0.491 e. The average Bonchev–Trinajstić information content (AvgIpc) is 4.10. The van der Waals surface area contributed by atoms with E-state index in [1.807, 2.05) is 24.3 Å². The van der Waals surface area contributed by atoms with Crippen LogP contribution in [0.15, 0.2) is 54.6 Å². The number of sulfonamides is 1. The van der Waals surface area contributed by atoms with Gasteiger partial charge in [0.05, 0.1) is 24.2 Å². The number of ether oxygens (including phenoxy) is 2. The second-order valence-corrected chi connectivity index (χ2v) is 16.7. The number of pyridine rings is 1. The summed E-state index contributed by atoms with van der Waals surface area (Å²) >= 11 is 0. The fourth-order valence-corrected chi connectivity index (χ4v) is 8.76. The molecule has 5 atom stereocenters. The summed E-state index contributed by atoms with van der Waals surface area (Å²) in [7, 11) is -3.91. The molecule has 3 aliphatic heterocycles.